The van der Waals surface area contributed by atoms with E-state index in [0.717, 1.165) is 12.0 Å². The highest BCUT2D eigenvalue weighted by molar-refractivity contribution is 5.94. The molecule has 0 saturated carbocycles. The smallest absolute Gasteiger partial charge is 0.347 e. The summed E-state index contributed by atoms with van der Waals surface area (Å²) < 4.78 is 10.6. The molecule has 0 aliphatic carbocycles. The maximum absolute atomic E-state index is 12.2. The van der Waals surface area contributed by atoms with Gasteiger partial charge in [0.15, 0.2) is 6.10 Å². The van der Waals surface area contributed by atoms with Crippen LogP contribution in [0.25, 0.3) is 0 Å². The molecule has 0 spiro atoms. The van der Waals surface area contributed by atoms with Gasteiger partial charge in [0.05, 0.1) is 6.61 Å². The summed E-state index contributed by atoms with van der Waals surface area (Å²) in [5, 5.41) is 2.86. The van der Waals surface area contributed by atoms with E-state index in [4.69, 9.17) is 9.47 Å². The lowest BCUT2D eigenvalue weighted by molar-refractivity contribution is -0.151. The minimum absolute atomic E-state index is 0.161. The van der Waals surface area contributed by atoms with Gasteiger partial charge in [0, 0.05) is 12.1 Å². The van der Waals surface area contributed by atoms with Gasteiger partial charge in [-0.05, 0) is 43.2 Å². The number of hydrogen-bond acceptors (Lipinski definition) is 4. The SMILES string of the molecule is CCCOC(=O)C(C)Oc1ccc(C(=O)NCc2ccccc2)cc1. The Balaban J connectivity index is 1.86. The van der Waals surface area contributed by atoms with Crippen LogP contribution < -0.4 is 10.1 Å². The minimum atomic E-state index is -0.690. The molecule has 0 fully saturated rings. The molecule has 0 heterocycles. The van der Waals surface area contributed by atoms with E-state index < -0.39 is 12.1 Å². The number of benzene rings is 2. The van der Waals surface area contributed by atoms with E-state index in [1.54, 1.807) is 31.2 Å². The minimum Gasteiger partial charge on any atom is -0.479 e. The zero-order valence-corrected chi connectivity index (χ0v) is 14.5. The molecule has 1 atom stereocenters. The van der Waals surface area contributed by atoms with E-state index in [9.17, 15) is 9.59 Å². The Labute approximate surface area is 148 Å². The predicted octanol–water partition coefficient (Wildman–Crippen LogP) is 3.34. The van der Waals surface area contributed by atoms with Crippen LogP contribution in [-0.2, 0) is 16.1 Å². The van der Waals surface area contributed by atoms with Crippen molar-refractivity contribution in [2.24, 2.45) is 0 Å². The predicted molar refractivity (Wildman–Crippen MR) is 95.4 cm³/mol. The summed E-state index contributed by atoms with van der Waals surface area (Å²) in [5.41, 5.74) is 1.57. The van der Waals surface area contributed by atoms with Gasteiger partial charge in [-0.25, -0.2) is 4.79 Å². The van der Waals surface area contributed by atoms with Crippen LogP contribution in [0.3, 0.4) is 0 Å². The second kappa shape index (κ2) is 9.47. The third-order valence-electron chi connectivity index (χ3n) is 3.51. The van der Waals surface area contributed by atoms with Gasteiger partial charge in [-0.3, -0.25) is 4.79 Å². The summed E-state index contributed by atoms with van der Waals surface area (Å²) in [6.07, 6.45) is 0.0786. The Morgan fingerprint density at radius 2 is 1.72 bits per heavy atom. The van der Waals surface area contributed by atoms with Crippen LogP contribution in [0, 0.1) is 0 Å². The topological polar surface area (TPSA) is 64.6 Å². The summed E-state index contributed by atoms with van der Waals surface area (Å²) in [6.45, 7) is 4.42. The monoisotopic (exact) mass is 341 g/mol. The van der Waals surface area contributed by atoms with E-state index in [-0.39, 0.29) is 5.91 Å². The molecule has 2 aromatic rings. The first-order valence-corrected chi connectivity index (χ1v) is 8.35. The van der Waals surface area contributed by atoms with Gasteiger partial charge in [0.25, 0.3) is 5.91 Å². The molecule has 2 aromatic carbocycles. The summed E-state index contributed by atoms with van der Waals surface area (Å²) in [5.74, 6) is -0.0436. The molecule has 0 saturated heterocycles. The molecule has 132 valence electrons. The second-order valence-electron chi connectivity index (χ2n) is 5.62. The number of hydrogen-bond donors (Lipinski definition) is 1. The van der Waals surface area contributed by atoms with Crippen LogP contribution in [0.5, 0.6) is 5.75 Å². The maximum atomic E-state index is 12.2. The van der Waals surface area contributed by atoms with E-state index in [2.05, 4.69) is 5.32 Å². The Morgan fingerprint density at radius 1 is 1.04 bits per heavy atom. The number of carbonyl (C=O) groups is 2. The van der Waals surface area contributed by atoms with Gasteiger partial charge in [-0.2, -0.15) is 0 Å². The average molecular weight is 341 g/mol. The number of ether oxygens (including phenoxy) is 2. The van der Waals surface area contributed by atoms with Crippen molar-refractivity contribution in [3.05, 3.63) is 65.7 Å². The van der Waals surface area contributed by atoms with Crippen LogP contribution in [0.15, 0.2) is 54.6 Å². The van der Waals surface area contributed by atoms with Crippen LogP contribution in [-0.4, -0.2) is 24.6 Å². The van der Waals surface area contributed by atoms with Crippen molar-refractivity contribution in [2.45, 2.75) is 32.9 Å². The number of rotatable bonds is 8. The molecule has 0 bridgehead atoms. The molecular formula is C20H23NO4. The van der Waals surface area contributed by atoms with Gasteiger partial charge >= 0.3 is 5.97 Å². The normalized spacial score (nSPS) is 11.4. The molecule has 0 aromatic heterocycles. The van der Waals surface area contributed by atoms with E-state index in [0.29, 0.717) is 24.5 Å². The number of amides is 1. The molecule has 1 unspecified atom stereocenters. The molecular weight excluding hydrogens is 318 g/mol. The van der Waals surface area contributed by atoms with Crippen molar-refractivity contribution in [1.29, 1.82) is 0 Å². The van der Waals surface area contributed by atoms with E-state index in [1.807, 2.05) is 37.3 Å². The highest BCUT2D eigenvalue weighted by atomic mass is 16.6. The molecule has 25 heavy (non-hydrogen) atoms. The van der Waals surface area contributed by atoms with Crippen molar-refractivity contribution in [2.75, 3.05) is 6.61 Å². The average Bonchev–Trinajstić information content (AvgIpc) is 2.65. The van der Waals surface area contributed by atoms with Crippen LogP contribution in [0.1, 0.15) is 36.2 Å². The fraction of sp³-hybridized carbons (Fsp3) is 0.300. The van der Waals surface area contributed by atoms with Gasteiger partial charge in [-0.1, -0.05) is 37.3 Å². The first kappa shape index (κ1) is 18.5. The highest BCUT2D eigenvalue weighted by Gasteiger charge is 2.16. The van der Waals surface area contributed by atoms with Crippen LogP contribution in [0.4, 0.5) is 0 Å². The first-order chi connectivity index (χ1) is 12.1. The van der Waals surface area contributed by atoms with E-state index >= 15 is 0 Å². The zero-order valence-electron chi connectivity index (χ0n) is 14.5. The molecule has 2 rings (SSSR count). The van der Waals surface area contributed by atoms with Crippen molar-refractivity contribution < 1.29 is 19.1 Å². The lowest BCUT2D eigenvalue weighted by atomic mass is 10.2. The second-order valence-corrected chi connectivity index (χ2v) is 5.62. The first-order valence-electron chi connectivity index (χ1n) is 8.35. The molecule has 1 N–H and O–H groups in total. The molecule has 0 radical (unpaired) electrons. The molecule has 0 aliphatic heterocycles. The summed E-state index contributed by atoms with van der Waals surface area (Å²) in [7, 11) is 0. The lowest BCUT2D eigenvalue weighted by Gasteiger charge is -2.14. The number of esters is 1. The van der Waals surface area contributed by atoms with E-state index in [1.165, 1.54) is 0 Å². The quantitative estimate of drug-likeness (QED) is 0.748. The number of nitrogens with one attached hydrogen (secondary N) is 1. The van der Waals surface area contributed by atoms with Crippen LogP contribution in [0.2, 0.25) is 0 Å². The van der Waals surface area contributed by atoms with Gasteiger partial charge in [0.1, 0.15) is 5.75 Å². The zero-order chi connectivity index (χ0) is 18.1. The Kier molecular flexibility index (Phi) is 7.01. The summed E-state index contributed by atoms with van der Waals surface area (Å²) >= 11 is 0. The Hall–Kier alpha value is -2.82. The Morgan fingerprint density at radius 3 is 2.36 bits per heavy atom. The van der Waals surface area contributed by atoms with Gasteiger partial charge in [-0.15, -0.1) is 0 Å². The highest BCUT2D eigenvalue weighted by Crippen LogP contribution is 2.14. The van der Waals surface area contributed by atoms with Gasteiger partial charge in [0.2, 0.25) is 0 Å². The third kappa shape index (κ3) is 5.95. The largest absolute Gasteiger partial charge is 0.479 e. The number of carbonyl (C=O) groups excluding carboxylic acids is 2. The van der Waals surface area contributed by atoms with Gasteiger partial charge < -0.3 is 14.8 Å². The fourth-order valence-corrected chi connectivity index (χ4v) is 2.14. The summed E-state index contributed by atoms with van der Waals surface area (Å²) in [6, 6.07) is 16.4. The van der Waals surface area contributed by atoms with Crippen molar-refractivity contribution >= 4 is 11.9 Å². The summed E-state index contributed by atoms with van der Waals surface area (Å²) in [4.78, 5) is 23.8. The Bertz CT molecular complexity index is 683. The van der Waals surface area contributed by atoms with Crippen molar-refractivity contribution in [3.63, 3.8) is 0 Å². The lowest BCUT2D eigenvalue weighted by Crippen LogP contribution is -2.26. The third-order valence-corrected chi connectivity index (χ3v) is 3.51. The molecule has 5 nitrogen and oxygen atoms in total. The molecule has 0 aliphatic rings. The maximum Gasteiger partial charge on any atom is 0.347 e. The fourth-order valence-electron chi connectivity index (χ4n) is 2.14. The molecule has 1 amide bonds. The van der Waals surface area contributed by atoms with Crippen molar-refractivity contribution in [1.82, 2.24) is 5.32 Å². The van der Waals surface area contributed by atoms with Crippen LogP contribution >= 0.6 is 0 Å². The standard InChI is InChI=1S/C20H23NO4/c1-3-13-24-20(23)15(2)25-18-11-9-17(10-12-18)19(22)21-14-16-7-5-4-6-8-16/h4-12,15H,3,13-14H2,1-2H3,(H,21,22). The van der Waals surface area contributed by atoms with Crippen molar-refractivity contribution in [3.8, 4) is 5.75 Å². The molecule has 5 heteroatoms.